The van der Waals surface area contributed by atoms with Crippen molar-refractivity contribution in [2.24, 2.45) is 40.4 Å². The van der Waals surface area contributed by atoms with Crippen LogP contribution < -0.4 is 0 Å². The Bertz CT molecular complexity index is 871. The molecule has 3 saturated carbocycles. The van der Waals surface area contributed by atoms with Gasteiger partial charge in [0.15, 0.2) is 17.2 Å². The Morgan fingerprint density at radius 3 is 2.43 bits per heavy atom. The first-order chi connectivity index (χ1) is 13.9. The molecule has 0 radical (unpaired) electrons. The smallest absolute Gasteiger partial charge is 0.303 e. The van der Waals surface area contributed by atoms with Crippen molar-refractivity contribution in [2.45, 2.75) is 72.5 Å². The average Bonchev–Trinajstić information content (AvgIpc) is 2.84. The fourth-order valence-corrected chi connectivity index (χ4v) is 8.33. The predicted molar refractivity (Wildman–Crippen MR) is 112 cm³/mol. The van der Waals surface area contributed by atoms with Crippen LogP contribution in [0.25, 0.3) is 0 Å². The van der Waals surface area contributed by atoms with E-state index in [1.165, 1.54) is 13.8 Å². The second kappa shape index (κ2) is 6.62. The number of ether oxygens (including phenoxy) is 1. The number of allylic oxidation sites excluding steroid dienone is 4. The van der Waals surface area contributed by atoms with Crippen molar-refractivity contribution in [3.8, 4) is 0 Å². The summed E-state index contributed by atoms with van der Waals surface area (Å²) < 4.78 is 5.88. The van der Waals surface area contributed by atoms with Gasteiger partial charge in [0, 0.05) is 29.6 Å². The van der Waals surface area contributed by atoms with Gasteiger partial charge in [-0.3, -0.25) is 14.4 Å². The molecule has 0 bridgehead atoms. The molecule has 4 rings (SSSR count). The highest BCUT2D eigenvalue weighted by Gasteiger charge is 2.72. The summed E-state index contributed by atoms with van der Waals surface area (Å²) in [6.45, 7) is 11.2. The highest BCUT2D eigenvalue weighted by Crippen LogP contribution is 2.69. The monoisotopic (exact) mass is 414 g/mol. The highest BCUT2D eigenvalue weighted by atomic mass is 16.6. The summed E-state index contributed by atoms with van der Waals surface area (Å²) >= 11 is 0. The maximum atomic E-state index is 13.0. The van der Waals surface area contributed by atoms with Gasteiger partial charge in [0.25, 0.3) is 0 Å². The molecule has 0 heterocycles. The van der Waals surface area contributed by atoms with Crippen LogP contribution in [-0.2, 0) is 19.1 Å². The molecule has 0 aromatic heterocycles. The number of fused-ring (bicyclic) bond motifs is 5. The van der Waals surface area contributed by atoms with Gasteiger partial charge in [0.2, 0.25) is 0 Å². The van der Waals surface area contributed by atoms with Crippen LogP contribution in [-0.4, -0.2) is 34.3 Å². The Hall–Kier alpha value is -1.75. The maximum Gasteiger partial charge on any atom is 0.303 e. The Kier molecular flexibility index (Phi) is 4.74. The summed E-state index contributed by atoms with van der Waals surface area (Å²) in [6.07, 6.45) is 6.82. The quantitative estimate of drug-likeness (QED) is 0.698. The fraction of sp³-hybridized carbons (Fsp3) is 0.720. The van der Waals surface area contributed by atoms with Crippen molar-refractivity contribution in [1.29, 1.82) is 0 Å². The lowest BCUT2D eigenvalue weighted by Gasteiger charge is -2.61. The zero-order chi connectivity index (χ0) is 22.2. The standard InChI is InChI=1S/C25H34O5/c1-13-9-18-20-10-14(2)25(15(3)26,30-16(4)27)24(20,6)12-21(29)22(18)23(5)8-7-17(28)11-19(13)23/h7-8,11,13-14,18,20-22,29H,9-10,12H2,1-6H3/t13?,14?,18-,20-,21?,22+,23-,24-,25-/m0/s1. The molecule has 164 valence electrons. The van der Waals surface area contributed by atoms with Crippen LogP contribution in [0.4, 0.5) is 0 Å². The van der Waals surface area contributed by atoms with E-state index in [0.29, 0.717) is 6.42 Å². The Morgan fingerprint density at radius 2 is 1.83 bits per heavy atom. The van der Waals surface area contributed by atoms with Gasteiger partial charge in [-0.15, -0.1) is 0 Å². The minimum absolute atomic E-state index is 0.0165. The van der Waals surface area contributed by atoms with Gasteiger partial charge in [-0.2, -0.15) is 0 Å². The molecule has 9 atom stereocenters. The Balaban J connectivity index is 1.83. The van der Waals surface area contributed by atoms with Crippen LogP contribution in [0.5, 0.6) is 0 Å². The number of rotatable bonds is 2. The first-order valence-corrected chi connectivity index (χ1v) is 11.2. The largest absolute Gasteiger partial charge is 0.450 e. The van der Waals surface area contributed by atoms with Crippen molar-refractivity contribution in [2.75, 3.05) is 0 Å². The van der Waals surface area contributed by atoms with Crippen molar-refractivity contribution in [3.63, 3.8) is 0 Å². The van der Waals surface area contributed by atoms with Gasteiger partial charge in [0.05, 0.1) is 6.10 Å². The highest BCUT2D eigenvalue weighted by molar-refractivity contribution is 6.01. The summed E-state index contributed by atoms with van der Waals surface area (Å²) in [6, 6.07) is 0. The molecule has 4 aliphatic carbocycles. The minimum Gasteiger partial charge on any atom is -0.450 e. The van der Waals surface area contributed by atoms with Gasteiger partial charge in [-0.25, -0.2) is 0 Å². The summed E-state index contributed by atoms with van der Waals surface area (Å²) in [7, 11) is 0. The number of ketones is 2. The Morgan fingerprint density at radius 1 is 1.17 bits per heavy atom. The van der Waals surface area contributed by atoms with Crippen molar-refractivity contribution in [3.05, 3.63) is 23.8 Å². The van der Waals surface area contributed by atoms with E-state index in [-0.39, 0.29) is 46.6 Å². The molecule has 5 nitrogen and oxygen atoms in total. The van der Waals surface area contributed by atoms with Gasteiger partial charge < -0.3 is 9.84 Å². The minimum atomic E-state index is -1.20. The number of carbonyl (C=O) groups excluding carboxylic acids is 3. The topological polar surface area (TPSA) is 80.7 Å². The SMILES string of the molecule is CC(=O)O[C@]1(C(C)=O)C(C)C[C@H]2[C@@H]3CC(C)C4=CC(=O)C=C[C@]4(C)[C@H]3C(O)C[C@@]21C. The van der Waals surface area contributed by atoms with E-state index >= 15 is 0 Å². The summed E-state index contributed by atoms with van der Waals surface area (Å²) in [5.41, 5.74) is -1.07. The first kappa shape index (κ1) is 21.5. The molecule has 0 saturated heterocycles. The van der Waals surface area contributed by atoms with E-state index in [1.54, 1.807) is 12.2 Å². The lowest BCUT2D eigenvalue weighted by atomic mass is 9.44. The number of aliphatic hydroxyl groups is 1. The van der Waals surface area contributed by atoms with E-state index in [9.17, 15) is 19.5 Å². The van der Waals surface area contributed by atoms with Crippen molar-refractivity contribution >= 4 is 17.5 Å². The molecular formula is C25H34O5. The fourth-order valence-electron chi connectivity index (χ4n) is 8.33. The number of hydrogen-bond donors (Lipinski definition) is 1. The second-order valence-corrected chi connectivity index (χ2v) is 10.8. The van der Waals surface area contributed by atoms with Crippen LogP contribution in [0.2, 0.25) is 0 Å². The van der Waals surface area contributed by atoms with Gasteiger partial charge in [0.1, 0.15) is 0 Å². The molecule has 0 aromatic carbocycles. The van der Waals surface area contributed by atoms with Gasteiger partial charge in [-0.1, -0.05) is 39.3 Å². The normalized spacial score (nSPS) is 49.6. The maximum absolute atomic E-state index is 13.0. The number of carbonyl (C=O) groups is 3. The zero-order valence-corrected chi connectivity index (χ0v) is 18.9. The molecule has 3 unspecified atom stereocenters. The van der Waals surface area contributed by atoms with Crippen molar-refractivity contribution < 1.29 is 24.2 Å². The van der Waals surface area contributed by atoms with Crippen LogP contribution in [0.3, 0.4) is 0 Å². The van der Waals surface area contributed by atoms with E-state index in [2.05, 4.69) is 13.8 Å². The molecule has 0 amide bonds. The number of hydrogen-bond acceptors (Lipinski definition) is 5. The summed E-state index contributed by atoms with van der Waals surface area (Å²) in [4.78, 5) is 37.2. The number of Topliss-reactive ketones (excluding diaryl/α,β-unsaturated/α-hetero) is 1. The van der Waals surface area contributed by atoms with E-state index in [0.717, 1.165) is 18.4 Å². The Labute approximate surface area is 178 Å². The molecule has 5 heteroatoms. The second-order valence-electron chi connectivity index (χ2n) is 10.8. The van der Waals surface area contributed by atoms with E-state index < -0.39 is 23.1 Å². The first-order valence-electron chi connectivity index (χ1n) is 11.2. The molecular weight excluding hydrogens is 380 g/mol. The number of aliphatic hydroxyl groups excluding tert-OH is 1. The zero-order valence-electron chi connectivity index (χ0n) is 18.9. The lowest BCUT2D eigenvalue weighted by Crippen LogP contribution is -2.63. The molecule has 0 aliphatic heterocycles. The van der Waals surface area contributed by atoms with Gasteiger partial charge >= 0.3 is 5.97 Å². The third kappa shape index (κ3) is 2.54. The summed E-state index contributed by atoms with van der Waals surface area (Å²) in [5, 5.41) is 11.5. The molecule has 1 N–H and O–H groups in total. The van der Waals surface area contributed by atoms with E-state index in [1.807, 2.05) is 19.9 Å². The lowest BCUT2D eigenvalue weighted by molar-refractivity contribution is -0.202. The third-order valence-corrected chi connectivity index (χ3v) is 9.18. The molecule has 4 aliphatic rings. The molecule has 30 heavy (non-hydrogen) atoms. The summed E-state index contributed by atoms with van der Waals surface area (Å²) in [5.74, 6) is -0.112. The van der Waals surface area contributed by atoms with Crippen LogP contribution in [0.15, 0.2) is 23.8 Å². The van der Waals surface area contributed by atoms with Crippen LogP contribution in [0.1, 0.15) is 60.8 Å². The van der Waals surface area contributed by atoms with Crippen molar-refractivity contribution in [1.82, 2.24) is 0 Å². The molecule has 3 fully saturated rings. The predicted octanol–water partition coefficient (Wildman–Crippen LogP) is 3.65. The molecule has 0 aromatic rings. The molecule has 0 spiro atoms. The van der Waals surface area contributed by atoms with Crippen LogP contribution >= 0.6 is 0 Å². The third-order valence-electron chi connectivity index (χ3n) is 9.18. The number of esters is 1. The average molecular weight is 415 g/mol. The van der Waals surface area contributed by atoms with E-state index in [4.69, 9.17) is 4.74 Å². The van der Waals surface area contributed by atoms with Crippen LogP contribution in [0, 0.1) is 40.4 Å². The van der Waals surface area contributed by atoms with Gasteiger partial charge in [-0.05, 0) is 56.1 Å².